The minimum absolute atomic E-state index is 0.251. The number of nitrogens with zero attached hydrogens (tertiary/aromatic N) is 1. The van der Waals surface area contributed by atoms with E-state index in [0.717, 1.165) is 11.8 Å². The Bertz CT molecular complexity index is 952. The Labute approximate surface area is 151 Å². The molecular formula is C16H7F6NO3S. The SMILES string of the molecule is O=C(CC1Sc2cnccc2C1=O)c1c(F)c(F)c(C(F)F)c(F)c1OF. The maximum absolute atomic E-state index is 14.1. The summed E-state index contributed by atoms with van der Waals surface area (Å²) in [6.45, 7) is 0. The Morgan fingerprint density at radius 2 is 1.93 bits per heavy atom. The summed E-state index contributed by atoms with van der Waals surface area (Å²) < 4.78 is 79.8. The van der Waals surface area contributed by atoms with Gasteiger partial charge in [0.25, 0.3) is 6.43 Å². The quantitative estimate of drug-likeness (QED) is 0.411. The van der Waals surface area contributed by atoms with E-state index in [0.29, 0.717) is 4.90 Å². The number of benzene rings is 1. The normalized spacial score (nSPS) is 16.0. The van der Waals surface area contributed by atoms with E-state index in [2.05, 4.69) is 9.93 Å². The predicted molar refractivity (Wildman–Crippen MR) is 80.2 cm³/mol. The second-order valence-electron chi connectivity index (χ2n) is 5.41. The van der Waals surface area contributed by atoms with Crippen LogP contribution in [-0.2, 0) is 0 Å². The van der Waals surface area contributed by atoms with Gasteiger partial charge in [-0.25, -0.2) is 22.0 Å². The van der Waals surface area contributed by atoms with Crippen molar-refractivity contribution in [3.05, 3.63) is 52.6 Å². The zero-order chi connectivity index (χ0) is 19.9. The number of ketones is 2. The van der Waals surface area contributed by atoms with Crippen molar-refractivity contribution < 1.29 is 41.0 Å². The van der Waals surface area contributed by atoms with E-state index in [4.69, 9.17) is 0 Å². The first-order valence-electron chi connectivity index (χ1n) is 7.23. The van der Waals surface area contributed by atoms with Crippen molar-refractivity contribution in [1.29, 1.82) is 0 Å². The number of thioether (sulfide) groups is 1. The van der Waals surface area contributed by atoms with Crippen molar-refractivity contribution in [3.8, 4) is 5.75 Å². The van der Waals surface area contributed by atoms with Crippen LogP contribution in [0, 0.1) is 17.5 Å². The summed E-state index contributed by atoms with van der Waals surface area (Å²) >= 11 is 0.906. The highest BCUT2D eigenvalue weighted by atomic mass is 32.2. The van der Waals surface area contributed by atoms with E-state index >= 15 is 0 Å². The Morgan fingerprint density at radius 3 is 2.52 bits per heavy atom. The number of Topliss-reactive ketones (excluding diaryl/α,β-unsaturated/α-hetero) is 2. The summed E-state index contributed by atoms with van der Waals surface area (Å²) in [5.41, 5.74) is -3.32. The van der Waals surface area contributed by atoms with E-state index < -0.39 is 64.0 Å². The molecule has 0 saturated heterocycles. The first kappa shape index (κ1) is 19.2. The molecule has 142 valence electrons. The van der Waals surface area contributed by atoms with Crippen LogP contribution in [0.4, 0.5) is 26.5 Å². The van der Waals surface area contributed by atoms with Gasteiger partial charge in [-0.1, -0.05) is 0 Å². The molecular weight excluding hydrogens is 400 g/mol. The lowest BCUT2D eigenvalue weighted by Gasteiger charge is -2.13. The van der Waals surface area contributed by atoms with Crippen LogP contribution < -0.4 is 4.94 Å². The van der Waals surface area contributed by atoms with Crippen molar-refractivity contribution >= 4 is 23.3 Å². The number of halogens is 6. The zero-order valence-electron chi connectivity index (χ0n) is 12.9. The van der Waals surface area contributed by atoms with Crippen molar-refractivity contribution in [2.75, 3.05) is 0 Å². The Kier molecular flexibility index (Phi) is 5.13. The maximum atomic E-state index is 14.1. The molecule has 0 spiro atoms. The summed E-state index contributed by atoms with van der Waals surface area (Å²) in [4.78, 5) is 31.8. The first-order chi connectivity index (χ1) is 12.8. The van der Waals surface area contributed by atoms with Crippen molar-refractivity contribution in [2.24, 2.45) is 0 Å². The smallest absolute Gasteiger partial charge is 0.269 e. The van der Waals surface area contributed by atoms with E-state index in [1.54, 1.807) is 0 Å². The lowest BCUT2D eigenvalue weighted by Crippen LogP contribution is -2.19. The number of pyridine rings is 1. The Morgan fingerprint density at radius 1 is 1.22 bits per heavy atom. The standard InChI is InChI=1S/C16H7F6NO3S/c17-11-9(15(26-22)13(19)10(12(11)18)16(20)21)6(24)3-7-14(25)5-1-2-23-4-8(5)27-7/h1-2,4,7,16H,3H2. The Hall–Kier alpha value is -2.56. The van der Waals surface area contributed by atoms with Gasteiger partial charge in [-0.3, -0.25) is 19.5 Å². The second kappa shape index (κ2) is 7.22. The van der Waals surface area contributed by atoms with E-state index in [-0.39, 0.29) is 5.56 Å². The zero-order valence-corrected chi connectivity index (χ0v) is 13.8. The third kappa shape index (κ3) is 3.15. The highest BCUT2D eigenvalue weighted by molar-refractivity contribution is 8.01. The second-order valence-corrected chi connectivity index (χ2v) is 6.65. The number of aromatic nitrogens is 1. The molecule has 0 fully saturated rings. The summed E-state index contributed by atoms with van der Waals surface area (Å²) in [7, 11) is 0. The van der Waals surface area contributed by atoms with Crippen molar-refractivity contribution in [3.63, 3.8) is 0 Å². The predicted octanol–water partition coefficient (Wildman–Crippen LogP) is 4.63. The van der Waals surface area contributed by atoms with Crippen LogP contribution in [0.5, 0.6) is 5.75 Å². The molecule has 1 aromatic heterocycles. The monoisotopic (exact) mass is 407 g/mol. The number of fused-ring (bicyclic) bond motifs is 1. The summed E-state index contributed by atoms with van der Waals surface area (Å²) in [6, 6.07) is 1.39. The maximum Gasteiger partial charge on any atom is 0.269 e. The molecule has 1 aliphatic rings. The molecule has 2 heterocycles. The van der Waals surface area contributed by atoms with Gasteiger partial charge < -0.3 is 0 Å². The van der Waals surface area contributed by atoms with Gasteiger partial charge in [0.2, 0.25) is 5.75 Å². The van der Waals surface area contributed by atoms with Crippen LogP contribution in [0.3, 0.4) is 0 Å². The molecule has 0 N–H and O–H groups in total. The average molecular weight is 407 g/mol. The van der Waals surface area contributed by atoms with Crippen LogP contribution in [0.15, 0.2) is 23.4 Å². The molecule has 4 nitrogen and oxygen atoms in total. The number of carbonyl (C=O) groups excluding carboxylic acids is 2. The molecule has 1 aromatic carbocycles. The first-order valence-corrected chi connectivity index (χ1v) is 8.11. The summed E-state index contributed by atoms with van der Waals surface area (Å²) in [5.74, 6) is -10.4. The van der Waals surface area contributed by atoms with Gasteiger partial charge in [-0.05, 0) is 6.07 Å². The molecule has 0 amide bonds. The van der Waals surface area contributed by atoms with Crippen LogP contribution in [0.25, 0.3) is 0 Å². The lowest BCUT2D eigenvalue weighted by atomic mass is 9.98. The molecule has 0 aliphatic carbocycles. The molecule has 0 radical (unpaired) electrons. The minimum atomic E-state index is -3.81. The molecule has 2 aromatic rings. The van der Waals surface area contributed by atoms with Gasteiger partial charge in [0.05, 0.1) is 10.8 Å². The van der Waals surface area contributed by atoms with E-state index in [1.165, 1.54) is 18.5 Å². The molecule has 0 bridgehead atoms. The topological polar surface area (TPSA) is 56.3 Å². The third-order valence-corrected chi connectivity index (χ3v) is 5.11. The van der Waals surface area contributed by atoms with Crippen molar-refractivity contribution in [1.82, 2.24) is 4.98 Å². The van der Waals surface area contributed by atoms with Gasteiger partial charge in [-0.15, -0.1) is 11.8 Å². The molecule has 1 unspecified atom stereocenters. The fourth-order valence-corrected chi connectivity index (χ4v) is 3.82. The summed E-state index contributed by atoms with van der Waals surface area (Å²) in [5, 5.41) is -1.08. The number of carbonyl (C=O) groups is 2. The summed E-state index contributed by atoms with van der Waals surface area (Å²) in [6.07, 6.45) is -1.88. The molecule has 11 heteroatoms. The molecule has 3 rings (SSSR count). The van der Waals surface area contributed by atoms with Gasteiger partial charge in [-0.2, -0.15) is 0 Å². The average Bonchev–Trinajstić information content (AvgIpc) is 2.93. The molecule has 1 aliphatic heterocycles. The number of hydrogen-bond donors (Lipinski definition) is 0. The van der Waals surface area contributed by atoms with Crippen molar-refractivity contribution in [2.45, 2.75) is 23.0 Å². The van der Waals surface area contributed by atoms with Crippen LogP contribution >= 0.6 is 11.8 Å². The van der Waals surface area contributed by atoms with Crippen LogP contribution in [-0.4, -0.2) is 21.8 Å². The number of rotatable bonds is 5. The van der Waals surface area contributed by atoms with Gasteiger partial charge in [0.15, 0.2) is 29.0 Å². The van der Waals surface area contributed by atoms with Gasteiger partial charge >= 0.3 is 0 Å². The van der Waals surface area contributed by atoms with E-state index in [9.17, 15) is 36.1 Å². The highest BCUT2D eigenvalue weighted by Gasteiger charge is 2.38. The molecule has 1 atom stereocenters. The minimum Gasteiger partial charge on any atom is -0.294 e. The Balaban J connectivity index is 1.98. The number of alkyl halides is 2. The fraction of sp³-hybridized carbons (Fsp3) is 0.188. The van der Waals surface area contributed by atoms with Gasteiger partial charge in [0, 0.05) is 33.8 Å². The highest BCUT2D eigenvalue weighted by Crippen LogP contribution is 2.41. The van der Waals surface area contributed by atoms with Gasteiger partial charge in [0.1, 0.15) is 5.56 Å². The van der Waals surface area contributed by atoms with Crippen LogP contribution in [0.1, 0.15) is 39.1 Å². The number of hydrogen-bond acceptors (Lipinski definition) is 5. The lowest BCUT2D eigenvalue weighted by molar-refractivity contribution is -0.0132. The fourth-order valence-electron chi connectivity index (χ4n) is 2.63. The van der Waals surface area contributed by atoms with E-state index in [1.807, 2.05) is 0 Å². The largest absolute Gasteiger partial charge is 0.294 e. The molecule has 0 saturated carbocycles. The molecule has 27 heavy (non-hydrogen) atoms. The van der Waals surface area contributed by atoms with Crippen LogP contribution in [0.2, 0.25) is 0 Å². The third-order valence-electron chi connectivity index (χ3n) is 3.87.